The van der Waals surface area contributed by atoms with Crippen molar-refractivity contribution in [2.24, 2.45) is 5.92 Å². The zero-order chi connectivity index (χ0) is 27.4. The van der Waals surface area contributed by atoms with Crippen molar-refractivity contribution >= 4 is 40.4 Å². The van der Waals surface area contributed by atoms with Crippen LogP contribution in [0.3, 0.4) is 0 Å². The highest BCUT2D eigenvalue weighted by Crippen LogP contribution is 2.41. The summed E-state index contributed by atoms with van der Waals surface area (Å²) in [6.07, 6.45) is 5.13. The Morgan fingerprint density at radius 3 is 2.70 bits per heavy atom. The molecule has 5 heterocycles. The minimum atomic E-state index is -0.430. The number of aromatic nitrogens is 4. The molecule has 1 aromatic carbocycles. The van der Waals surface area contributed by atoms with Gasteiger partial charge in [-0.15, -0.1) is 5.10 Å². The van der Waals surface area contributed by atoms with Gasteiger partial charge in [0.1, 0.15) is 6.07 Å². The summed E-state index contributed by atoms with van der Waals surface area (Å²) in [5.41, 5.74) is 2.56. The zero-order valence-electron chi connectivity index (χ0n) is 21.8. The first kappa shape index (κ1) is 25.3. The van der Waals surface area contributed by atoms with E-state index in [1.165, 1.54) is 10.7 Å². The molecule has 4 aliphatic rings. The van der Waals surface area contributed by atoms with Crippen LogP contribution in [-0.2, 0) is 4.74 Å². The molecule has 40 heavy (non-hydrogen) atoms. The average molecular weight is 561 g/mol. The molecule has 3 saturated heterocycles. The van der Waals surface area contributed by atoms with E-state index in [-0.39, 0.29) is 12.0 Å². The molecule has 7 rings (SSSR count). The average Bonchev–Trinajstić information content (AvgIpc) is 3.31. The van der Waals surface area contributed by atoms with Gasteiger partial charge in [-0.05, 0) is 50.3 Å². The third-order valence-corrected chi connectivity index (χ3v) is 8.89. The van der Waals surface area contributed by atoms with E-state index in [4.69, 9.17) is 16.3 Å². The van der Waals surface area contributed by atoms with Crippen LogP contribution in [0.4, 0.5) is 23.1 Å². The summed E-state index contributed by atoms with van der Waals surface area (Å²) in [5.74, 6) is 1.22. The first-order valence-corrected chi connectivity index (χ1v) is 14.1. The van der Waals surface area contributed by atoms with Crippen LogP contribution in [-0.4, -0.2) is 86.7 Å². The fourth-order valence-electron chi connectivity index (χ4n) is 6.34. The Bertz CT molecular complexity index is 1540. The topological polar surface area (TPSA) is 151 Å². The van der Waals surface area contributed by atoms with Gasteiger partial charge in [-0.3, -0.25) is 4.90 Å². The van der Waals surface area contributed by atoms with Crippen molar-refractivity contribution in [2.45, 2.75) is 49.9 Å². The first-order chi connectivity index (χ1) is 19.5. The first-order valence-electron chi connectivity index (χ1n) is 13.7. The molecule has 0 radical (unpaired) electrons. The monoisotopic (exact) mass is 560 g/mol. The predicted octanol–water partition coefficient (Wildman–Crippen LogP) is 2.50. The van der Waals surface area contributed by atoms with Crippen molar-refractivity contribution in [3.05, 3.63) is 34.6 Å². The summed E-state index contributed by atoms with van der Waals surface area (Å²) in [4.78, 5) is 13.7. The highest BCUT2D eigenvalue weighted by atomic mass is 35.5. The van der Waals surface area contributed by atoms with E-state index in [9.17, 15) is 15.6 Å². The number of rotatable bonds is 6. The fourth-order valence-corrected chi connectivity index (χ4v) is 6.62. The van der Waals surface area contributed by atoms with E-state index in [0.29, 0.717) is 64.6 Å². The Balaban J connectivity index is 1.17. The van der Waals surface area contributed by atoms with E-state index >= 15 is 0 Å². The third-order valence-electron chi connectivity index (χ3n) is 8.49. The molecule has 206 valence electrons. The van der Waals surface area contributed by atoms with Crippen molar-refractivity contribution in [2.75, 3.05) is 48.4 Å². The number of nitrogens with zero attached hydrogens (tertiary/aromatic N) is 8. The molecule has 0 spiro atoms. The van der Waals surface area contributed by atoms with Crippen LogP contribution in [0.1, 0.15) is 36.9 Å². The number of hydrogen-bond acceptors (Lipinski definition) is 11. The molecule has 13 heteroatoms. The van der Waals surface area contributed by atoms with Gasteiger partial charge in [0.25, 0.3) is 0 Å². The molecule has 0 bridgehead atoms. The maximum atomic E-state index is 10.4. The largest absolute Gasteiger partial charge is 0.389 e. The Hall–Kier alpha value is -3.68. The Morgan fingerprint density at radius 1 is 1.07 bits per heavy atom. The van der Waals surface area contributed by atoms with Gasteiger partial charge in [0.15, 0.2) is 17.2 Å². The molecular formula is C27H29ClN10O2. The van der Waals surface area contributed by atoms with Gasteiger partial charge in [-0.1, -0.05) is 11.6 Å². The van der Waals surface area contributed by atoms with Crippen LogP contribution in [0, 0.1) is 28.6 Å². The number of nitrogens with one attached hydrogen (secondary N) is 2. The van der Waals surface area contributed by atoms with E-state index in [2.05, 4.69) is 47.6 Å². The number of piperidine rings is 1. The molecule has 3 aliphatic heterocycles. The van der Waals surface area contributed by atoms with Crippen LogP contribution in [0.25, 0.3) is 5.65 Å². The Kier molecular flexibility index (Phi) is 6.36. The molecule has 1 saturated carbocycles. The summed E-state index contributed by atoms with van der Waals surface area (Å²) >= 11 is 6.99. The number of likely N-dealkylation sites (tertiary alicyclic amines) is 1. The van der Waals surface area contributed by atoms with Gasteiger partial charge in [0, 0.05) is 25.2 Å². The van der Waals surface area contributed by atoms with Gasteiger partial charge in [0.05, 0.1) is 59.6 Å². The summed E-state index contributed by atoms with van der Waals surface area (Å²) < 4.78 is 6.99. The quantitative estimate of drug-likeness (QED) is 0.408. The highest BCUT2D eigenvalue weighted by Gasteiger charge is 2.44. The maximum absolute atomic E-state index is 10.4. The minimum Gasteiger partial charge on any atom is -0.389 e. The molecular weight excluding hydrogens is 532 g/mol. The molecule has 4 fully saturated rings. The summed E-state index contributed by atoms with van der Waals surface area (Å²) in [5, 5.41) is 41.3. The lowest BCUT2D eigenvalue weighted by Gasteiger charge is -2.41. The fraction of sp³-hybridized carbons (Fsp3) is 0.519. The number of halogens is 1. The van der Waals surface area contributed by atoms with Gasteiger partial charge in [0.2, 0.25) is 5.95 Å². The zero-order valence-corrected chi connectivity index (χ0v) is 22.5. The molecule has 2 aromatic heterocycles. The van der Waals surface area contributed by atoms with Crippen LogP contribution in [0.5, 0.6) is 0 Å². The number of nitriles is 2. The summed E-state index contributed by atoms with van der Waals surface area (Å²) in [6, 6.07) is 8.69. The van der Waals surface area contributed by atoms with Crippen molar-refractivity contribution in [1.82, 2.24) is 24.5 Å². The molecule has 0 amide bonds. The number of aliphatic hydroxyl groups is 1. The number of fused-ring (bicyclic) bond motifs is 2. The van der Waals surface area contributed by atoms with Crippen LogP contribution in [0.15, 0.2) is 18.3 Å². The van der Waals surface area contributed by atoms with E-state index in [1.807, 2.05) is 6.07 Å². The van der Waals surface area contributed by atoms with E-state index < -0.39 is 6.10 Å². The normalized spacial score (nSPS) is 26.4. The molecule has 4 atom stereocenters. The lowest BCUT2D eigenvalue weighted by molar-refractivity contribution is 0.0631. The highest BCUT2D eigenvalue weighted by molar-refractivity contribution is 6.36. The number of benzene rings is 1. The number of aliphatic hydroxyl groups excluding tert-OH is 1. The number of anilines is 4. The predicted molar refractivity (Wildman–Crippen MR) is 148 cm³/mol. The molecule has 12 nitrogen and oxygen atoms in total. The third kappa shape index (κ3) is 4.47. The summed E-state index contributed by atoms with van der Waals surface area (Å²) in [7, 11) is 0. The van der Waals surface area contributed by atoms with Crippen LogP contribution in [0.2, 0.25) is 5.02 Å². The molecule has 2 unspecified atom stereocenters. The Labute approximate surface area is 236 Å². The van der Waals surface area contributed by atoms with Gasteiger partial charge >= 0.3 is 0 Å². The van der Waals surface area contributed by atoms with Gasteiger partial charge < -0.3 is 25.4 Å². The maximum Gasteiger partial charge on any atom is 0.247 e. The lowest BCUT2D eigenvalue weighted by Crippen LogP contribution is -2.51. The van der Waals surface area contributed by atoms with E-state index in [1.54, 1.807) is 6.07 Å². The summed E-state index contributed by atoms with van der Waals surface area (Å²) in [6.45, 7) is 3.54. The van der Waals surface area contributed by atoms with Crippen molar-refractivity contribution in [3.8, 4) is 12.1 Å². The van der Waals surface area contributed by atoms with E-state index in [0.717, 1.165) is 51.0 Å². The van der Waals surface area contributed by atoms with Gasteiger partial charge in [-0.25, -0.2) is 4.98 Å². The van der Waals surface area contributed by atoms with Crippen molar-refractivity contribution in [3.63, 3.8) is 0 Å². The number of imidazole rings is 1. The lowest BCUT2D eigenvalue weighted by atomic mass is 9.91. The standard InChI is InChI=1S/C27H29ClN10O2/c28-24-19(33-27-34-25(32-17-1-2-17)26-31-11-18(10-30)38(26)35-27)7-15(9-29)8-21(24)36-5-4-20-16(12-36)3-6-37(20)22-13-40-14-23(22)39/h7-8,11,16-17,20,22-23,39H,1-6,12-14H2,(H2,32,33,34,35)/t16?,20?,22-,23-/m0/s1. The van der Waals surface area contributed by atoms with Gasteiger partial charge in [-0.2, -0.15) is 20.0 Å². The molecule has 1 aliphatic carbocycles. The van der Waals surface area contributed by atoms with Crippen molar-refractivity contribution < 1.29 is 9.84 Å². The molecule has 3 aromatic rings. The Morgan fingerprint density at radius 2 is 1.95 bits per heavy atom. The van der Waals surface area contributed by atoms with Crippen LogP contribution < -0.4 is 15.5 Å². The second-order valence-corrected chi connectivity index (χ2v) is 11.4. The number of ether oxygens (including phenoxy) is 1. The smallest absolute Gasteiger partial charge is 0.247 e. The number of hydrogen-bond donors (Lipinski definition) is 3. The molecule has 3 N–H and O–H groups in total. The second kappa shape index (κ2) is 10.1. The van der Waals surface area contributed by atoms with Crippen LogP contribution >= 0.6 is 11.6 Å². The van der Waals surface area contributed by atoms with Crippen molar-refractivity contribution in [1.29, 1.82) is 10.5 Å². The SMILES string of the molecule is N#Cc1cc(Nc2nc(NC3CC3)c3ncc(C#N)n3n2)c(Cl)c(N2CCC3C(CCN3[C@H]3COC[C@@H]3O)C2)c1. The minimum absolute atomic E-state index is 0.0662. The second-order valence-electron chi connectivity index (χ2n) is 11.0.